The van der Waals surface area contributed by atoms with Crippen LogP contribution >= 0.6 is 0 Å². The van der Waals surface area contributed by atoms with E-state index in [1.165, 1.54) is 4.68 Å². The summed E-state index contributed by atoms with van der Waals surface area (Å²) in [7, 11) is 0. The summed E-state index contributed by atoms with van der Waals surface area (Å²) >= 11 is 0. The second-order valence-electron chi connectivity index (χ2n) is 7.29. The van der Waals surface area contributed by atoms with Crippen LogP contribution in [0.15, 0.2) is 30.3 Å². The van der Waals surface area contributed by atoms with E-state index in [-0.39, 0.29) is 32.9 Å². The highest BCUT2D eigenvalue weighted by molar-refractivity contribution is 5.85. The maximum absolute atomic E-state index is 12.5. The van der Waals surface area contributed by atoms with Gasteiger partial charge in [0.15, 0.2) is 5.82 Å². The normalized spacial score (nSPS) is 12.3. The first-order valence-electron chi connectivity index (χ1n) is 9.80. The number of carbonyl (C=O) groups is 2. The number of benzene rings is 1. The number of alkyl carbamates (subject to hydrolysis) is 1. The molecule has 1 aromatic heterocycles. The van der Waals surface area contributed by atoms with Crippen molar-refractivity contribution in [1.29, 1.82) is 0 Å². The summed E-state index contributed by atoms with van der Waals surface area (Å²) in [4.78, 5) is 23.9. The Morgan fingerprint density at radius 3 is 2.71 bits per heavy atom. The molecule has 0 saturated carbocycles. The van der Waals surface area contributed by atoms with E-state index in [4.69, 9.17) is 20.3 Å². The number of nitrogens with zero attached hydrogens (tertiary/aromatic N) is 4. The molecule has 1 heterocycles. The summed E-state index contributed by atoms with van der Waals surface area (Å²) in [6.07, 6.45) is -0.662. The first-order chi connectivity index (χ1) is 14.8. The highest BCUT2D eigenvalue weighted by atomic mass is 16.5. The minimum atomic E-state index is -1.11. The van der Waals surface area contributed by atoms with E-state index >= 15 is 0 Å². The van der Waals surface area contributed by atoms with Crippen molar-refractivity contribution in [2.75, 3.05) is 26.4 Å². The average Bonchev–Trinajstić information content (AvgIpc) is 3.20. The average molecular weight is 435 g/mol. The smallest absolute Gasteiger partial charge is 0.407 e. The van der Waals surface area contributed by atoms with Gasteiger partial charge in [0.2, 0.25) is 5.91 Å². The minimum absolute atomic E-state index is 0.0107. The van der Waals surface area contributed by atoms with Gasteiger partial charge in [-0.15, -0.1) is 5.10 Å². The van der Waals surface area contributed by atoms with Crippen LogP contribution in [0.4, 0.5) is 4.79 Å². The van der Waals surface area contributed by atoms with Crippen LogP contribution in [-0.2, 0) is 27.4 Å². The lowest BCUT2D eigenvalue weighted by Gasteiger charge is -2.23. The molecule has 2 amide bonds. The van der Waals surface area contributed by atoms with Crippen LogP contribution in [0.5, 0.6) is 0 Å². The van der Waals surface area contributed by atoms with Gasteiger partial charge in [0.1, 0.15) is 12.6 Å². The van der Waals surface area contributed by atoms with Crippen molar-refractivity contribution in [3.63, 3.8) is 0 Å². The number of ether oxygens (including phenoxy) is 2. The fraction of sp³-hybridized carbons (Fsp3) is 0.526. The third-order valence-corrected chi connectivity index (χ3v) is 4.08. The number of nitrogens with two attached hydrogens (primary N) is 1. The highest BCUT2D eigenvalue weighted by Crippen LogP contribution is 2.13. The van der Waals surface area contributed by atoms with E-state index in [0.717, 1.165) is 5.56 Å². The minimum Gasteiger partial charge on any atom is -0.448 e. The maximum atomic E-state index is 12.5. The zero-order valence-corrected chi connectivity index (χ0v) is 17.7. The van der Waals surface area contributed by atoms with Crippen LogP contribution in [0.2, 0.25) is 0 Å². The molecule has 12 nitrogen and oxygen atoms in total. The predicted octanol–water partition coefficient (Wildman–Crippen LogP) is -0.497. The molecule has 1 atom stereocenters. The third kappa shape index (κ3) is 8.28. The molecule has 5 N–H and O–H groups in total. The van der Waals surface area contributed by atoms with Crippen LogP contribution < -0.4 is 16.4 Å². The molecular formula is C19H29N7O5. The fourth-order valence-corrected chi connectivity index (χ4v) is 2.45. The Balaban J connectivity index is 2.02. The molecule has 0 bridgehead atoms. The van der Waals surface area contributed by atoms with Crippen LogP contribution in [0.25, 0.3) is 0 Å². The Kier molecular flexibility index (Phi) is 9.31. The van der Waals surface area contributed by atoms with Crippen molar-refractivity contribution in [3.05, 3.63) is 41.7 Å². The van der Waals surface area contributed by atoms with Crippen LogP contribution in [-0.4, -0.2) is 69.2 Å². The molecule has 0 aliphatic heterocycles. The zero-order valence-electron chi connectivity index (χ0n) is 17.7. The van der Waals surface area contributed by atoms with Crippen LogP contribution in [0.3, 0.4) is 0 Å². The van der Waals surface area contributed by atoms with E-state index < -0.39 is 23.6 Å². The second kappa shape index (κ2) is 11.9. The predicted molar refractivity (Wildman–Crippen MR) is 110 cm³/mol. The number of aliphatic hydroxyl groups is 1. The van der Waals surface area contributed by atoms with Crippen molar-refractivity contribution in [1.82, 2.24) is 30.8 Å². The molecule has 0 aliphatic carbocycles. The lowest BCUT2D eigenvalue weighted by Crippen LogP contribution is -2.51. The Labute approximate surface area is 180 Å². The number of hydrogen-bond acceptors (Lipinski definition) is 9. The third-order valence-electron chi connectivity index (χ3n) is 4.08. The summed E-state index contributed by atoms with van der Waals surface area (Å²) in [5.41, 5.74) is 5.77. The molecule has 0 spiro atoms. The van der Waals surface area contributed by atoms with Crippen LogP contribution in [0, 0.1) is 0 Å². The molecule has 2 rings (SSSR count). The zero-order chi connectivity index (χ0) is 22.7. The Morgan fingerprint density at radius 1 is 1.29 bits per heavy atom. The number of nitrogens with one attached hydrogen (secondary N) is 2. The molecule has 0 unspecified atom stereocenters. The molecule has 0 radical (unpaired) electrons. The van der Waals surface area contributed by atoms with E-state index in [1.54, 1.807) is 13.8 Å². The van der Waals surface area contributed by atoms with Gasteiger partial charge in [0.25, 0.3) is 0 Å². The van der Waals surface area contributed by atoms with Gasteiger partial charge in [-0.05, 0) is 29.8 Å². The van der Waals surface area contributed by atoms with E-state index in [9.17, 15) is 9.59 Å². The van der Waals surface area contributed by atoms with Gasteiger partial charge < -0.3 is 30.9 Å². The molecule has 0 aliphatic rings. The molecule has 1 aromatic carbocycles. The number of amides is 2. The number of aromatic nitrogens is 4. The van der Waals surface area contributed by atoms with Crippen LogP contribution in [0.1, 0.15) is 31.3 Å². The molecule has 0 fully saturated rings. The lowest BCUT2D eigenvalue weighted by atomic mass is 10.1. The summed E-state index contributed by atoms with van der Waals surface area (Å²) in [5, 5.41) is 25.5. The number of tetrazole rings is 1. The SMILES string of the molecule is CC(C)(N)C(=O)N[C@H](COCc1ccccc1)c1nnnn1CCOC(=O)NCCO. The molecule has 170 valence electrons. The largest absolute Gasteiger partial charge is 0.448 e. The lowest BCUT2D eigenvalue weighted by molar-refractivity contribution is -0.126. The number of hydrogen-bond donors (Lipinski definition) is 4. The number of carbonyl (C=O) groups excluding carboxylic acids is 2. The van der Waals surface area contributed by atoms with Gasteiger partial charge in [-0.1, -0.05) is 30.3 Å². The van der Waals surface area contributed by atoms with Gasteiger partial charge in [-0.25, -0.2) is 9.48 Å². The van der Waals surface area contributed by atoms with Crippen molar-refractivity contribution in [3.8, 4) is 0 Å². The fourth-order valence-electron chi connectivity index (χ4n) is 2.45. The maximum Gasteiger partial charge on any atom is 0.407 e. The highest BCUT2D eigenvalue weighted by Gasteiger charge is 2.28. The number of aliphatic hydroxyl groups excluding tert-OH is 1. The van der Waals surface area contributed by atoms with E-state index in [1.807, 2.05) is 30.3 Å². The summed E-state index contributed by atoms with van der Waals surface area (Å²) in [6, 6.07) is 8.92. The van der Waals surface area contributed by atoms with E-state index in [2.05, 4.69) is 26.2 Å². The summed E-state index contributed by atoms with van der Waals surface area (Å²) in [6.45, 7) is 3.68. The Bertz CT molecular complexity index is 823. The van der Waals surface area contributed by atoms with Gasteiger partial charge in [0, 0.05) is 6.54 Å². The molecular weight excluding hydrogens is 406 g/mol. The van der Waals surface area contributed by atoms with Crippen molar-refractivity contribution in [2.24, 2.45) is 5.73 Å². The van der Waals surface area contributed by atoms with Crippen molar-refractivity contribution >= 4 is 12.0 Å². The molecule has 12 heteroatoms. The standard InChI is InChI=1S/C19H29N7O5/c1-19(2,20)17(28)22-15(13-30-12-14-6-4-3-5-7-14)16-23-24-25-26(16)9-11-31-18(29)21-8-10-27/h3-7,15,27H,8-13,20H2,1-2H3,(H,21,29)(H,22,28)/t15-/m1/s1. The van der Waals surface area contributed by atoms with Gasteiger partial charge >= 0.3 is 6.09 Å². The Hall–Kier alpha value is -3.09. The van der Waals surface area contributed by atoms with Crippen molar-refractivity contribution < 1.29 is 24.2 Å². The topological polar surface area (TPSA) is 167 Å². The summed E-state index contributed by atoms with van der Waals surface area (Å²) < 4.78 is 12.2. The monoisotopic (exact) mass is 435 g/mol. The van der Waals surface area contributed by atoms with Gasteiger partial charge in [0.05, 0.1) is 31.9 Å². The number of rotatable bonds is 12. The van der Waals surface area contributed by atoms with Crippen molar-refractivity contribution in [2.45, 2.75) is 38.6 Å². The summed E-state index contributed by atoms with van der Waals surface area (Å²) in [5.74, 6) is -0.0555. The molecule has 0 saturated heterocycles. The Morgan fingerprint density at radius 2 is 2.03 bits per heavy atom. The second-order valence-corrected chi connectivity index (χ2v) is 7.29. The van der Waals surface area contributed by atoms with Gasteiger partial charge in [-0.3, -0.25) is 4.79 Å². The van der Waals surface area contributed by atoms with E-state index in [0.29, 0.717) is 12.4 Å². The first-order valence-corrected chi connectivity index (χ1v) is 9.80. The first kappa shape index (κ1) is 24.2. The van der Waals surface area contributed by atoms with Gasteiger partial charge in [-0.2, -0.15) is 0 Å². The quantitative estimate of drug-likeness (QED) is 0.344. The molecule has 31 heavy (non-hydrogen) atoms. The molecule has 2 aromatic rings.